The van der Waals surface area contributed by atoms with Gasteiger partial charge in [0.15, 0.2) is 0 Å². The maximum Gasteiger partial charge on any atom is 0.338 e. The van der Waals surface area contributed by atoms with Crippen LogP contribution in [0.1, 0.15) is 54.6 Å². The van der Waals surface area contributed by atoms with Gasteiger partial charge in [0.05, 0.1) is 38.2 Å². The quantitative estimate of drug-likeness (QED) is 0.154. The van der Waals surface area contributed by atoms with Crippen molar-refractivity contribution in [3.63, 3.8) is 0 Å². The average Bonchev–Trinajstić information content (AvgIpc) is 3.03. The van der Waals surface area contributed by atoms with Crippen molar-refractivity contribution < 1.29 is 32.5 Å². The zero-order chi connectivity index (χ0) is 32.9. The number of benzene rings is 3. The van der Waals surface area contributed by atoms with Crippen molar-refractivity contribution in [2.45, 2.75) is 52.3 Å². The second-order valence-corrected chi connectivity index (χ2v) is 15.0. The highest BCUT2D eigenvalue weighted by atomic mass is 32.2. The van der Waals surface area contributed by atoms with Crippen LogP contribution >= 0.6 is 0 Å². The third-order valence-corrected chi connectivity index (χ3v) is 11.8. The summed E-state index contributed by atoms with van der Waals surface area (Å²) in [4.78, 5) is 12.4. The molecule has 1 fully saturated rings. The van der Waals surface area contributed by atoms with E-state index in [1.54, 1.807) is 42.8 Å². The van der Waals surface area contributed by atoms with Crippen LogP contribution in [-0.4, -0.2) is 56.5 Å². The Kier molecular flexibility index (Phi) is 10.6. The van der Waals surface area contributed by atoms with Crippen molar-refractivity contribution in [1.82, 2.24) is 4.31 Å². The molecular formula is C37H45NO7S. The van der Waals surface area contributed by atoms with E-state index in [4.69, 9.17) is 14.2 Å². The first kappa shape index (κ1) is 33.7. The van der Waals surface area contributed by atoms with Gasteiger partial charge < -0.3 is 19.3 Å². The summed E-state index contributed by atoms with van der Waals surface area (Å²) in [5, 5.41) is 11.2. The zero-order valence-corrected chi connectivity index (χ0v) is 27.9. The monoisotopic (exact) mass is 647 g/mol. The van der Waals surface area contributed by atoms with E-state index in [1.807, 2.05) is 61.5 Å². The molecule has 246 valence electrons. The van der Waals surface area contributed by atoms with Crippen LogP contribution in [0.2, 0.25) is 0 Å². The lowest BCUT2D eigenvalue weighted by Crippen LogP contribution is -2.45. The molecule has 9 heteroatoms. The second kappa shape index (κ2) is 14.4. The molecule has 5 atom stereocenters. The van der Waals surface area contributed by atoms with Crippen molar-refractivity contribution in [2.75, 3.05) is 26.6 Å². The number of rotatable bonds is 15. The van der Waals surface area contributed by atoms with Crippen molar-refractivity contribution in [2.24, 2.45) is 23.2 Å². The molecule has 2 aliphatic rings. The Bertz CT molecular complexity index is 1560. The third kappa shape index (κ3) is 7.82. The highest BCUT2D eigenvalue weighted by Gasteiger charge is 2.46. The van der Waals surface area contributed by atoms with Gasteiger partial charge in [-0.3, -0.25) is 0 Å². The van der Waals surface area contributed by atoms with Crippen LogP contribution in [-0.2, 0) is 27.8 Å². The number of aliphatic hydroxyl groups excluding tert-OH is 1. The molecule has 8 nitrogen and oxygen atoms in total. The standard InChI is InChI=1S/C37H45NO7S/c1-26(37(2)20-31(21-37)35(39)34-19-14-30(34)24-45-36(40)29-8-6-5-7-9-29)25-46(41,42)38(22-27-10-15-32(43-3)16-11-27)23-28-12-17-33(44-4)18-13-28/h5-13,15-18,20,26,30,34-35,39H,14,19,21-25H2,1-4H3/t26-,30+,34-,35+,37+/m1/s1. The molecule has 5 rings (SSSR count). The van der Waals surface area contributed by atoms with Gasteiger partial charge in [0.1, 0.15) is 11.5 Å². The fraction of sp³-hybridized carbons (Fsp3) is 0.432. The van der Waals surface area contributed by atoms with E-state index in [2.05, 4.69) is 13.0 Å². The number of nitrogens with zero attached hydrogens (tertiary/aromatic N) is 1. The van der Waals surface area contributed by atoms with Gasteiger partial charge in [0.25, 0.3) is 0 Å². The van der Waals surface area contributed by atoms with Gasteiger partial charge in [-0.1, -0.05) is 62.4 Å². The van der Waals surface area contributed by atoms with E-state index in [0.29, 0.717) is 23.5 Å². The molecule has 1 saturated carbocycles. The number of hydrogen-bond donors (Lipinski definition) is 1. The molecule has 0 radical (unpaired) electrons. The predicted molar refractivity (Wildman–Crippen MR) is 178 cm³/mol. The number of ether oxygens (including phenoxy) is 3. The minimum atomic E-state index is -3.67. The van der Waals surface area contributed by atoms with E-state index in [1.165, 1.54) is 0 Å². The third-order valence-electron chi connectivity index (χ3n) is 9.82. The van der Waals surface area contributed by atoms with Gasteiger partial charge in [0, 0.05) is 13.1 Å². The first-order valence-corrected chi connectivity index (χ1v) is 17.5. The molecule has 0 spiro atoms. The van der Waals surface area contributed by atoms with Crippen LogP contribution in [0.4, 0.5) is 0 Å². The Balaban J connectivity index is 1.22. The summed E-state index contributed by atoms with van der Waals surface area (Å²) in [6.07, 6.45) is 3.86. The molecule has 0 unspecified atom stereocenters. The topological polar surface area (TPSA) is 102 Å². The Morgan fingerprint density at radius 3 is 1.93 bits per heavy atom. The largest absolute Gasteiger partial charge is 0.497 e. The van der Waals surface area contributed by atoms with Crippen molar-refractivity contribution in [1.29, 1.82) is 0 Å². The highest BCUT2D eigenvalue weighted by Crippen LogP contribution is 2.50. The van der Waals surface area contributed by atoms with Crippen molar-refractivity contribution in [3.05, 3.63) is 107 Å². The first-order valence-electron chi connectivity index (χ1n) is 15.9. The predicted octanol–water partition coefficient (Wildman–Crippen LogP) is 6.25. The summed E-state index contributed by atoms with van der Waals surface area (Å²) in [5.74, 6) is 1.03. The maximum absolute atomic E-state index is 14.0. The number of aliphatic hydroxyl groups is 1. The number of carbonyl (C=O) groups excluding carboxylic acids is 1. The van der Waals surface area contributed by atoms with Crippen LogP contribution in [0.5, 0.6) is 11.5 Å². The summed E-state index contributed by atoms with van der Waals surface area (Å²) in [7, 11) is -0.468. The number of esters is 1. The Morgan fingerprint density at radius 1 is 0.913 bits per heavy atom. The lowest BCUT2D eigenvalue weighted by atomic mass is 9.60. The van der Waals surface area contributed by atoms with Crippen molar-refractivity contribution >= 4 is 16.0 Å². The molecule has 3 aromatic carbocycles. The lowest BCUT2D eigenvalue weighted by Gasteiger charge is -2.47. The number of carbonyl (C=O) groups is 1. The fourth-order valence-corrected chi connectivity index (χ4v) is 8.32. The van der Waals surface area contributed by atoms with E-state index in [9.17, 15) is 18.3 Å². The van der Waals surface area contributed by atoms with E-state index in [-0.39, 0.29) is 54.6 Å². The fourth-order valence-electron chi connectivity index (χ4n) is 6.41. The summed E-state index contributed by atoms with van der Waals surface area (Å²) in [6.45, 7) is 4.80. The average molecular weight is 648 g/mol. The van der Waals surface area contributed by atoms with Gasteiger partial charge >= 0.3 is 5.97 Å². The number of sulfonamides is 1. The molecule has 0 bridgehead atoms. The summed E-state index contributed by atoms with van der Waals surface area (Å²) < 4.78 is 45.7. The number of hydrogen-bond acceptors (Lipinski definition) is 7. The molecule has 0 saturated heterocycles. The molecule has 0 aromatic heterocycles. The maximum atomic E-state index is 14.0. The molecule has 3 aromatic rings. The number of methoxy groups -OCH3 is 2. The summed E-state index contributed by atoms with van der Waals surface area (Å²) >= 11 is 0. The SMILES string of the molecule is COc1ccc(CN(Cc2ccc(OC)cc2)S(=O)(=O)C[C@@H](C)[C@@]2(C)C=C([C@H](O)[C@@H]3CC[C@H]3COC(=O)c3ccccc3)C2)cc1. The van der Waals surface area contributed by atoms with Crippen LogP contribution in [0.25, 0.3) is 0 Å². The summed E-state index contributed by atoms with van der Waals surface area (Å²) in [5.41, 5.74) is 2.86. The second-order valence-electron chi connectivity index (χ2n) is 13.0. The van der Waals surface area contributed by atoms with E-state index in [0.717, 1.165) is 29.5 Å². The molecule has 1 N–H and O–H groups in total. The molecule has 0 amide bonds. The van der Waals surface area contributed by atoms with Crippen LogP contribution < -0.4 is 9.47 Å². The van der Waals surface area contributed by atoms with Gasteiger partial charge in [-0.2, -0.15) is 4.31 Å². The molecular weight excluding hydrogens is 602 g/mol. The zero-order valence-electron chi connectivity index (χ0n) is 27.1. The highest BCUT2D eigenvalue weighted by molar-refractivity contribution is 7.89. The Hall–Kier alpha value is -3.66. The van der Waals surface area contributed by atoms with Gasteiger partial charge in [-0.15, -0.1) is 0 Å². The van der Waals surface area contributed by atoms with Gasteiger partial charge in [-0.25, -0.2) is 13.2 Å². The minimum Gasteiger partial charge on any atom is -0.497 e. The van der Waals surface area contributed by atoms with Gasteiger partial charge in [0.2, 0.25) is 10.0 Å². The van der Waals surface area contributed by atoms with Crippen LogP contribution in [0, 0.1) is 23.2 Å². The van der Waals surface area contributed by atoms with E-state index < -0.39 is 16.1 Å². The smallest absolute Gasteiger partial charge is 0.338 e. The minimum absolute atomic E-state index is 0.0167. The Morgan fingerprint density at radius 2 is 1.46 bits per heavy atom. The van der Waals surface area contributed by atoms with Crippen LogP contribution in [0.3, 0.4) is 0 Å². The molecule has 46 heavy (non-hydrogen) atoms. The van der Waals surface area contributed by atoms with Gasteiger partial charge in [-0.05, 0) is 95.5 Å². The van der Waals surface area contributed by atoms with Crippen molar-refractivity contribution in [3.8, 4) is 11.5 Å². The first-order chi connectivity index (χ1) is 22.0. The molecule has 2 aliphatic carbocycles. The Labute approximate surface area is 273 Å². The number of allylic oxidation sites excluding steroid dienone is 1. The molecule has 0 aliphatic heterocycles. The van der Waals surface area contributed by atoms with Crippen LogP contribution in [0.15, 0.2) is 90.5 Å². The van der Waals surface area contributed by atoms with E-state index >= 15 is 0 Å². The lowest BCUT2D eigenvalue weighted by molar-refractivity contribution is -0.0167. The summed E-state index contributed by atoms with van der Waals surface area (Å²) in [6, 6.07) is 23.8. The normalized spacial score (nSPS) is 22.2. The molecule has 0 heterocycles.